The minimum Gasteiger partial charge on any atom is -0.344 e. The van der Waals surface area contributed by atoms with Crippen LogP contribution in [0.3, 0.4) is 0 Å². The quantitative estimate of drug-likeness (QED) is 0.172. The normalized spacial score (nSPS) is 14.7. The molecule has 2 aromatic carbocycles. The van der Waals surface area contributed by atoms with Crippen molar-refractivity contribution in [1.82, 2.24) is 25.1 Å². The van der Waals surface area contributed by atoms with Crippen molar-refractivity contribution >= 4 is 67.9 Å². The fourth-order valence-electron chi connectivity index (χ4n) is 4.58. The topological polar surface area (TPSA) is 92.5 Å². The number of benzene rings is 2. The number of nitrogens with zero attached hydrogens (tertiary/aromatic N) is 5. The molecule has 0 unspecified atom stereocenters. The van der Waals surface area contributed by atoms with Crippen LogP contribution >= 0.6 is 50.4 Å². The molecule has 0 radical (unpaired) electrons. The molecule has 1 aliphatic heterocycles. The Labute approximate surface area is 263 Å². The average Bonchev–Trinajstić information content (AvgIpc) is 3.82. The molecule has 2 amide bonds. The van der Waals surface area contributed by atoms with Gasteiger partial charge in [-0.1, -0.05) is 69.7 Å². The maximum absolute atomic E-state index is 13.7. The molecule has 0 spiro atoms. The van der Waals surface area contributed by atoms with Crippen molar-refractivity contribution < 1.29 is 9.59 Å². The summed E-state index contributed by atoms with van der Waals surface area (Å²) in [6.07, 6.45) is 0.656. The maximum atomic E-state index is 13.7. The molecule has 1 N–H and O–H groups in total. The van der Waals surface area contributed by atoms with Crippen molar-refractivity contribution in [3.05, 3.63) is 115 Å². The lowest BCUT2D eigenvalue weighted by atomic mass is 10.00. The van der Waals surface area contributed by atoms with E-state index < -0.39 is 0 Å². The molecule has 8 nitrogen and oxygen atoms in total. The van der Waals surface area contributed by atoms with Crippen LogP contribution in [-0.2, 0) is 11.3 Å². The molecular formula is C30H25BrN6O2S3. The van der Waals surface area contributed by atoms with Gasteiger partial charge in [0.25, 0.3) is 11.8 Å². The van der Waals surface area contributed by atoms with E-state index in [0.29, 0.717) is 22.3 Å². The monoisotopic (exact) mass is 676 g/mol. The Bertz CT molecular complexity index is 1720. The van der Waals surface area contributed by atoms with Gasteiger partial charge in [0.1, 0.15) is 0 Å². The summed E-state index contributed by atoms with van der Waals surface area (Å²) in [7, 11) is 0. The van der Waals surface area contributed by atoms with Gasteiger partial charge in [0.15, 0.2) is 11.0 Å². The Morgan fingerprint density at radius 1 is 1.00 bits per heavy atom. The number of thiophene rings is 2. The third-order valence-electron chi connectivity index (χ3n) is 6.70. The Hall–Kier alpha value is -3.58. The van der Waals surface area contributed by atoms with E-state index in [2.05, 4.69) is 62.6 Å². The fourth-order valence-corrected chi connectivity index (χ4v) is 7.03. The molecule has 212 valence electrons. The Kier molecular flexibility index (Phi) is 8.66. The van der Waals surface area contributed by atoms with Crippen LogP contribution in [0.5, 0.6) is 0 Å². The first-order valence-electron chi connectivity index (χ1n) is 13.1. The van der Waals surface area contributed by atoms with Gasteiger partial charge < -0.3 is 5.32 Å². The molecule has 5 aromatic rings. The molecule has 0 saturated carbocycles. The van der Waals surface area contributed by atoms with E-state index in [9.17, 15) is 9.59 Å². The second kappa shape index (κ2) is 12.7. The van der Waals surface area contributed by atoms with Gasteiger partial charge in [-0.3, -0.25) is 14.2 Å². The summed E-state index contributed by atoms with van der Waals surface area (Å²) in [4.78, 5) is 28.0. The first kappa shape index (κ1) is 28.5. The van der Waals surface area contributed by atoms with Gasteiger partial charge in [0.05, 0.1) is 33.8 Å². The molecule has 0 fully saturated rings. The van der Waals surface area contributed by atoms with Gasteiger partial charge in [0.2, 0.25) is 0 Å². The van der Waals surface area contributed by atoms with Crippen molar-refractivity contribution in [2.45, 2.75) is 31.1 Å². The van der Waals surface area contributed by atoms with E-state index >= 15 is 0 Å². The standard InChI is InChI=1S/C30H25BrN6O2S3/c1-19-6-8-20(9-7-19)24-16-23(25-4-2-14-40-25)35-37(24)28(38)18-42-30-34-33-27(17-32-29(39)26-5-3-15-41-26)36(30)22-12-10-21(31)11-13-22/h2-15,24H,16-18H2,1H3,(H,32,39)/t24-/m1/s1. The Morgan fingerprint density at radius 2 is 1.76 bits per heavy atom. The summed E-state index contributed by atoms with van der Waals surface area (Å²) in [5.74, 6) is 0.402. The van der Waals surface area contributed by atoms with E-state index in [4.69, 9.17) is 5.10 Å². The first-order valence-corrected chi connectivity index (χ1v) is 16.6. The number of carbonyl (C=O) groups is 2. The highest BCUT2D eigenvalue weighted by Crippen LogP contribution is 2.35. The molecule has 1 aliphatic rings. The molecule has 4 heterocycles. The summed E-state index contributed by atoms with van der Waals surface area (Å²) >= 11 is 7.79. The largest absolute Gasteiger partial charge is 0.344 e. The number of rotatable bonds is 9. The number of hydrogen-bond donors (Lipinski definition) is 1. The number of hydrogen-bond acceptors (Lipinski definition) is 8. The van der Waals surface area contributed by atoms with E-state index in [1.54, 1.807) is 22.4 Å². The van der Waals surface area contributed by atoms with Crippen molar-refractivity contribution in [1.29, 1.82) is 0 Å². The Balaban J connectivity index is 1.24. The molecule has 12 heteroatoms. The van der Waals surface area contributed by atoms with Crippen LogP contribution in [0, 0.1) is 6.92 Å². The van der Waals surface area contributed by atoms with Crippen molar-refractivity contribution in [2.75, 3.05) is 5.75 Å². The highest BCUT2D eigenvalue weighted by atomic mass is 79.9. The average molecular weight is 678 g/mol. The number of aryl methyl sites for hydroxylation is 1. The summed E-state index contributed by atoms with van der Waals surface area (Å²) in [6, 6.07) is 23.5. The lowest BCUT2D eigenvalue weighted by Gasteiger charge is -2.22. The van der Waals surface area contributed by atoms with E-state index in [0.717, 1.165) is 26.3 Å². The molecule has 1 atom stereocenters. The van der Waals surface area contributed by atoms with Crippen LogP contribution in [0.25, 0.3) is 5.69 Å². The van der Waals surface area contributed by atoms with Gasteiger partial charge in [-0.25, -0.2) is 5.01 Å². The van der Waals surface area contributed by atoms with Crippen molar-refractivity contribution in [2.24, 2.45) is 5.10 Å². The predicted octanol–water partition coefficient (Wildman–Crippen LogP) is 6.86. The highest BCUT2D eigenvalue weighted by Gasteiger charge is 2.33. The van der Waals surface area contributed by atoms with Gasteiger partial charge in [-0.15, -0.1) is 32.9 Å². The summed E-state index contributed by atoms with van der Waals surface area (Å²) in [5.41, 5.74) is 3.96. The molecule has 0 saturated heterocycles. The zero-order valence-electron chi connectivity index (χ0n) is 22.4. The van der Waals surface area contributed by atoms with Crippen LogP contribution in [0.2, 0.25) is 0 Å². The SMILES string of the molecule is Cc1ccc([C@H]2CC(c3cccs3)=NN2C(=O)CSc2nnc(CNC(=O)c3cccs3)n2-c2ccc(Br)cc2)cc1. The van der Waals surface area contributed by atoms with Crippen LogP contribution in [0.15, 0.2) is 98.3 Å². The van der Waals surface area contributed by atoms with Crippen LogP contribution in [0.4, 0.5) is 0 Å². The van der Waals surface area contributed by atoms with Gasteiger partial charge in [-0.05, 0) is 59.6 Å². The maximum Gasteiger partial charge on any atom is 0.261 e. The van der Waals surface area contributed by atoms with E-state index in [1.807, 2.05) is 57.8 Å². The second-order valence-corrected chi connectivity index (χ2v) is 13.3. The number of nitrogens with one attached hydrogen (secondary N) is 1. The number of amides is 2. The van der Waals surface area contributed by atoms with Gasteiger partial charge in [-0.2, -0.15) is 5.10 Å². The molecule has 6 rings (SSSR count). The zero-order chi connectivity index (χ0) is 29.1. The smallest absolute Gasteiger partial charge is 0.261 e. The van der Waals surface area contributed by atoms with Crippen LogP contribution < -0.4 is 5.32 Å². The fraction of sp³-hybridized carbons (Fsp3) is 0.167. The van der Waals surface area contributed by atoms with Gasteiger partial charge >= 0.3 is 0 Å². The molecule has 0 aliphatic carbocycles. The number of thioether (sulfide) groups is 1. The minimum atomic E-state index is -0.178. The lowest BCUT2D eigenvalue weighted by molar-refractivity contribution is -0.130. The second-order valence-electron chi connectivity index (χ2n) is 9.55. The minimum absolute atomic E-state index is 0.116. The molecule has 0 bridgehead atoms. The summed E-state index contributed by atoms with van der Waals surface area (Å²) in [6.45, 7) is 2.24. The highest BCUT2D eigenvalue weighted by molar-refractivity contribution is 9.10. The third kappa shape index (κ3) is 6.26. The van der Waals surface area contributed by atoms with Crippen molar-refractivity contribution in [3.63, 3.8) is 0 Å². The number of aromatic nitrogens is 3. The lowest BCUT2D eigenvalue weighted by Crippen LogP contribution is -2.28. The van der Waals surface area contributed by atoms with Crippen molar-refractivity contribution in [3.8, 4) is 5.69 Å². The molecular weight excluding hydrogens is 652 g/mol. The number of halogens is 1. The van der Waals surface area contributed by atoms with Crippen LogP contribution in [-0.4, -0.2) is 43.1 Å². The van der Waals surface area contributed by atoms with Crippen LogP contribution in [0.1, 0.15) is 44.0 Å². The predicted molar refractivity (Wildman–Crippen MR) is 172 cm³/mol. The first-order chi connectivity index (χ1) is 20.5. The summed E-state index contributed by atoms with van der Waals surface area (Å²) in [5, 5.41) is 22.6. The third-order valence-corrected chi connectivity index (χ3v) is 9.93. The zero-order valence-corrected chi connectivity index (χ0v) is 26.5. The van der Waals surface area contributed by atoms with E-state index in [-0.39, 0.29) is 30.2 Å². The number of hydrazone groups is 1. The molecule has 42 heavy (non-hydrogen) atoms. The Morgan fingerprint density at radius 3 is 2.48 bits per heavy atom. The summed E-state index contributed by atoms with van der Waals surface area (Å²) < 4.78 is 2.81. The van der Waals surface area contributed by atoms with Gasteiger partial charge in [0, 0.05) is 16.6 Å². The number of carbonyl (C=O) groups excluding carboxylic acids is 2. The van der Waals surface area contributed by atoms with E-state index in [1.165, 1.54) is 28.7 Å². The molecule has 3 aromatic heterocycles.